The molecule has 1 aliphatic rings. The van der Waals surface area contributed by atoms with Crippen LogP contribution in [-0.2, 0) is 4.74 Å². The van der Waals surface area contributed by atoms with Gasteiger partial charge in [0, 0.05) is 13.2 Å². The Labute approximate surface area is 107 Å². The van der Waals surface area contributed by atoms with E-state index in [2.05, 4.69) is 25.7 Å². The summed E-state index contributed by atoms with van der Waals surface area (Å²) in [5.74, 6) is 0. The first-order chi connectivity index (χ1) is 8.12. The molecule has 0 aliphatic heterocycles. The predicted octanol–water partition coefficient (Wildman–Crippen LogP) is 3.67. The summed E-state index contributed by atoms with van der Waals surface area (Å²) in [4.78, 5) is 0. The zero-order chi connectivity index (χ0) is 12.7. The molecule has 0 spiro atoms. The summed E-state index contributed by atoms with van der Waals surface area (Å²) in [5.41, 5.74) is 1.47. The maximum atomic E-state index is 5.73. The highest BCUT2D eigenvalue weighted by Gasteiger charge is 2.38. The SMILES string of the molecule is C=C(C)CCC(CC1(OC)CCC1)NCCC. The van der Waals surface area contributed by atoms with Crippen LogP contribution in [0, 0.1) is 0 Å². The van der Waals surface area contributed by atoms with Crippen molar-refractivity contribution >= 4 is 0 Å². The van der Waals surface area contributed by atoms with E-state index < -0.39 is 0 Å². The first-order valence-electron chi connectivity index (χ1n) is 7.05. The van der Waals surface area contributed by atoms with Crippen molar-refractivity contribution < 1.29 is 4.74 Å². The Bertz CT molecular complexity index is 228. The maximum absolute atomic E-state index is 5.73. The molecule has 1 unspecified atom stereocenters. The summed E-state index contributed by atoms with van der Waals surface area (Å²) in [7, 11) is 1.87. The van der Waals surface area contributed by atoms with Crippen LogP contribution in [0.2, 0.25) is 0 Å². The molecule has 1 N–H and O–H groups in total. The van der Waals surface area contributed by atoms with Gasteiger partial charge in [-0.15, -0.1) is 6.58 Å². The van der Waals surface area contributed by atoms with Crippen LogP contribution in [0.5, 0.6) is 0 Å². The standard InChI is InChI=1S/C15H29NO/c1-5-11-16-14(8-7-13(2)3)12-15(17-4)9-6-10-15/h14,16H,2,5-12H2,1,3-4H3. The van der Waals surface area contributed by atoms with Crippen molar-refractivity contribution in [3.8, 4) is 0 Å². The molecule has 0 radical (unpaired) electrons. The van der Waals surface area contributed by atoms with Gasteiger partial charge in [0.25, 0.3) is 0 Å². The molecule has 0 aromatic heterocycles. The molecule has 0 bridgehead atoms. The molecule has 100 valence electrons. The first kappa shape index (κ1) is 14.7. The van der Waals surface area contributed by atoms with E-state index >= 15 is 0 Å². The number of nitrogens with one attached hydrogen (secondary N) is 1. The Morgan fingerprint density at radius 1 is 1.47 bits per heavy atom. The largest absolute Gasteiger partial charge is 0.378 e. The molecule has 2 nitrogen and oxygen atoms in total. The van der Waals surface area contributed by atoms with Crippen LogP contribution in [0.25, 0.3) is 0 Å². The summed E-state index contributed by atoms with van der Waals surface area (Å²) in [6.45, 7) is 9.45. The van der Waals surface area contributed by atoms with E-state index in [4.69, 9.17) is 4.74 Å². The van der Waals surface area contributed by atoms with Crippen molar-refractivity contribution in [2.45, 2.75) is 70.4 Å². The summed E-state index contributed by atoms with van der Waals surface area (Å²) >= 11 is 0. The zero-order valence-electron chi connectivity index (χ0n) is 11.8. The molecule has 1 rings (SSSR count). The van der Waals surface area contributed by atoms with Gasteiger partial charge in [0.1, 0.15) is 0 Å². The Hall–Kier alpha value is -0.340. The van der Waals surface area contributed by atoms with E-state index in [1.54, 1.807) is 0 Å². The van der Waals surface area contributed by atoms with Crippen LogP contribution in [0.15, 0.2) is 12.2 Å². The van der Waals surface area contributed by atoms with Crippen LogP contribution in [0.4, 0.5) is 0 Å². The van der Waals surface area contributed by atoms with Gasteiger partial charge in [-0.25, -0.2) is 0 Å². The van der Waals surface area contributed by atoms with E-state index in [1.165, 1.54) is 37.7 Å². The van der Waals surface area contributed by atoms with Gasteiger partial charge in [0.2, 0.25) is 0 Å². The maximum Gasteiger partial charge on any atom is 0.0693 e. The van der Waals surface area contributed by atoms with Gasteiger partial charge in [-0.05, 0) is 58.4 Å². The number of rotatable bonds is 9. The molecule has 1 atom stereocenters. The second-order valence-corrected chi connectivity index (χ2v) is 5.59. The molecule has 0 heterocycles. The van der Waals surface area contributed by atoms with Crippen molar-refractivity contribution in [3.05, 3.63) is 12.2 Å². The minimum atomic E-state index is 0.181. The van der Waals surface area contributed by atoms with E-state index in [0.717, 1.165) is 19.4 Å². The van der Waals surface area contributed by atoms with Gasteiger partial charge < -0.3 is 10.1 Å². The van der Waals surface area contributed by atoms with Gasteiger partial charge in [-0.3, -0.25) is 0 Å². The lowest BCUT2D eigenvalue weighted by atomic mass is 9.75. The van der Waals surface area contributed by atoms with E-state index in [0.29, 0.717) is 6.04 Å². The molecule has 1 aliphatic carbocycles. The highest BCUT2D eigenvalue weighted by Crippen LogP contribution is 2.39. The second-order valence-electron chi connectivity index (χ2n) is 5.59. The van der Waals surface area contributed by atoms with E-state index in [1.807, 2.05) is 7.11 Å². The smallest absolute Gasteiger partial charge is 0.0693 e. The third kappa shape index (κ3) is 4.81. The van der Waals surface area contributed by atoms with Crippen molar-refractivity contribution in [3.63, 3.8) is 0 Å². The number of hydrogen-bond acceptors (Lipinski definition) is 2. The molecular weight excluding hydrogens is 210 g/mol. The lowest BCUT2D eigenvalue weighted by Gasteiger charge is -2.43. The highest BCUT2D eigenvalue weighted by molar-refractivity contribution is 4.95. The van der Waals surface area contributed by atoms with Gasteiger partial charge in [-0.1, -0.05) is 12.5 Å². The molecule has 1 saturated carbocycles. The summed E-state index contributed by atoms with van der Waals surface area (Å²) in [6, 6.07) is 0.590. The average Bonchev–Trinajstić information content (AvgIpc) is 2.26. The minimum absolute atomic E-state index is 0.181. The molecule has 0 aromatic rings. The predicted molar refractivity (Wildman–Crippen MR) is 74.3 cm³/mol. The Morgan fingerprint density at radius 3 is 2.59 bits per heavy atom. The Balaban J connectivity index is 2.40. The number of ether oxygens (including phenoxy) is 1. The van der Waals surface area contributed by atoms with Crippen molar-refractivity contribution in [1.29, 1.82) is 0 Å². The lowest BCUT2D eigenvalue weighted by molar-refractivity contribution is -0.0838. The van der Waals surface area contributed by atoms with Crippen LogP contribution >= 0.6 is 0 Å². The Kier molecular flexibility index (Phi) is 6.21. The van der Waals surface area contributed by atoms with Gasteiger partial charge in [-0.2, -0.15) is 0 Å². The lowest BCUT2D eigenvalue weighted by Crippen LogP contribution is -2.46. The molecule has 17 heavy (non-hydrogen) atoms. The number of hydrogen-bond donors (Lipinski definition) is 1. The normalized spacial score (nSPS) is 19.7. The van der Waals surface area contributed by atoms with Gasteiger partial charge >= 0.3 is 0 Å². The van der Waals surface area contributed by atoms with Crippen molar-refractivity contribution in [2.24, 2.45) is 0 Å². The quantitative estimate of drug-likeness (QED) is 0.620. The fourth-order valence-electron chi connectivity index (χ4n) is 2.56. The minimum Gasteiger partial charge on any atom is -0.378 e. The monoisotopic (exact) mass is 239 g/mol. The molecular formula is C15H29NO. The summed E-state index contributed by atoms with van der Waals surface area (Å²) in [5, 5.41) is 3.66. The van der Waals surface area contributed by atoms with Gasteiger partial charge in [0.05, 0.1) is 5.60 Å². The third-order valence-electron chi connectivity index (χ3n) is 3.92. The molecule has 2 heteroatoms. The van der Waals surface area contributed by atoms with E-state index in [9.17, 15) is 0 Å². The van der Waals surface area contributed by atoms with E-state index in [-0.39, 0.29) is 5.60 Å². The van der Waals surface area contributed by atoms with Crippen molar-refractivity contribution in [1.82, 2.24) is 5.32 Å². The van der Waals surface area contributed by atoms with Crippen molar-refractivity contribution in [2.75, 3.05) is 13.7 Å². The molecule has 0 amide bonds. The summed E-state index contributed by atoms with van der Waals surface area (Å²) < 4.78 is 5.73. The van der Waals surface area contributed by atoms with Crippen LogP contribution in [0.1, 0.15) is 58.8 Å². The van der Waals surface area contributed by atoms with Crippen LogP contribution in [-0.4, -0.2) is 25.3 Å². The number of methoxy groups -OCH3 is 1. The summed E-state index contributed by atoms with van der Waals surface area (Å²) in [6.07, 6.45) is 8.48. The Morgan fingerprint density at radius 2 is 2.18 bits per heavy atom. The number of allylic oxidation sites excluding steroid dienone is 1. The van der Waals surface area contributed by atoms with Crippen LogP contribution < -0.4 is 5.32 Å². The van der Waals surface area contributed by atoms with Gasteiger partial charge in [0.15, 0.2) is 0 Å². The fraction of sp³-hybridized carbons (Fsp3) is 0.867. The fourth-order valence-corrected chi connectivity index (χ4v) is 2.56. The van der Waals surface area contributed by atoms with Crippen LogP contribution in [0.3, 0.4) is 0 Å². The second kappa shape index (κ2) is 7.17. The first-order valence-corrected chi connectivity index (χ1v) is 7.05. The molecule has 1 fully saturated rings. The third-order valence-corrected chi connectivity index (χ3v) is 3.92. The molecule has 0 aromatic carbocycles. The topological polar surface area (TPSA) is 21.3 Å². The molecule has 0 saturated heterocycles. The zero-order valence-corrected chi connectivity index (χ0v) is 11.8. The average molecular weight is 239 g/mol. The highest BCUT2D eigenvalue weighted by atomic mass is 16.5.